The molecule has 1 N–H and O–H groups in total. The van der Waals surface area contributed by atoms with Crippen LogP contribution in [-0.4, -0.2) is 33.8 Å². The molecule has 0 unspecified atom stereocenters. The van der Waals surface area contributed by atoms with Crippen molar-refractivity contribution in [2.45, 2.75) is 33.1 Å². The lowest BCUT2D eigenvalue weighted by molar-refractivity contribution is 0.497. The number of H-pyrrole nitrogens is 1. The zero-order valence-corrected chi connectivity index (χ0v) is 20.1. The van der Waals surface area contributed by atoms with Crippen LogP contribution < -0.4 is 4.90 Å². The molecule has 35 heavy (non-hydrogen) atoms. The molecule has 0 amide bonds. The minimum absolute atomic E-state index is 0.239. The van der Waals surface area contributed by atoms with E-state index < -0.39 is 0 Å². The standard InChI is InChI=1S/C29H28FN5/c1-18-4-3-5-22(14-18)24-15-26(33-19(24)2)21-10-12-35(13-11-21)29-25-16-27(34-28(25)31-17-32-29)20-6-8-23(30)9-7-20/h3-9,14,16-17,21H,10-13,15H2,1-2H3,(H,31,32,34). The van der Waals surface area contributed by atoms with Gasteiger partial charge in [-0.2, -0.15) is 0 Å². The van der Waals surface area contributed by atoms with Crippen LogP contribution in [0.15, 0.2) is 71.6 Å². The summed E-state index contributed by atoms with van der Waals surface area (Å²) in [5.74, 6) is 1.22. The fourth-order valence-corrected chi connectivity index (χ4v) is 5.40. The highest BCUT2D eigenvalue weighted by molar-refractivity contribution is 6.01. The van der Waals surface area contributed by atoms with Gasteiger partial charge < -0.3 is 9.88 Å². The number of piperidine rings is 1. The molecule has 5 nitrogen and oxygen atoms in total. The summed E-state index contributed by atoms with van der Waals surface area (Å²) in [6.07, 6.45) is 4.70. The van der Waals surface area contributed by atoms with Crippen molar-refractivity contribution in [1.29, 1.82) is 0 Å². The zero-order valence-electron chi connectivity index (χ0n) is 20.1. The zero-order chi connectivity index (χ0) is 23.9. The highest BCUT2D eigenvalue weighted by Crippen LogP contribution is 2.36. The first kappa shape index (κ1) is 21.7. The summed E-state index contributed by atoms with van der Waals surface area (Å²) in [6, 6.07) is 17.3. The van der Waals surface area contributed by atoms with E-state index in [1.165, 1.54) is 34.5 Å². The molecule has 6 rings (SSSR count). The van der Waals surface area contributed by atoms with Gasteiger partial charge in [-0.3, -0.25) is 4.99 Å². The Morgan fingerprint density at radius 3 is 2.51 bits per heavy atom. The van der Waals surface area contributed by atoms with Crippen LogP contribution in [0.25, 0.3) is 27.9 Å². The lowest BCUT2D eigenvalue weighted by Gasteiger charge is -2.33. The van der Waals surface area contributed by atoms with Crippen molar-refractivity contribution in [3.8, 4) is 11.3 Å². The molecule has 0 bridgehead atoms. The molecule has 2 aromatic heterocycles. The number of nitrogens with zero attached hydrogens (tertiary/aromatic N) is 4. The third-order valence-corrected chi connectivity index (χ3v) is 7.30. The molecule has 0 saturated carbocycles. The Balaban J connectivity index is 1.17. The van der Waals surface area contributed by atoms with Gasteiger partial charge in [0, 0.05) is 42.5 Å². The second kappa shape index (κ2) is 8.77. The number of hydrogen-bond donors (Lipinski definition) is 1. The average Bonchev–Trinajstić information content (AvgIpc) is 3.48. The lowest BCUT2D eigenvalue weighted by atomic mass is 9.88. The van der Waals surface area contributed by atoms with Crippen molar-refractivity contribution >= 4 is 28.1 Å². The number of allylic oxidation sites excluding steroid dienone is 2. The minimum atomic E-state index is -0.239. The van der Waals surface area contributed by atoms with Crippen molar-refractivity contribution in [3.05, 3.63) is 83.6 Å². The molecule has 0 aliphatic carbocycles. The molecule has 2 aliphatic heterocycles. The number of anilines is 1. The van der Waals surface area contributed by atoms with E-state index in [9.17, 15) is 4.39 Å². The van der Waals surface area contributed by atoms with E-state index in [2.05, 4.69) is 64.0 Å². The van der Waals surface area contributed by atoms with Gasteiger partial charge in [0.2, 0.25) is 0 Å². The molecule has 1 saturated heterocycles. The molecular formula is C29H28FN5. The third kappa shape index (κ3) is 4.14. The van der Waals surface area contributed by atoms with E-state index in [4.69, 9.17) is 4.99 Å². The van der Waals surface area contributed by atoms with E-state index >= 15 is 0 Å². The normalized spacial score (nSPS) is 16.9. The van der Waals surface area contributed by atoms with Crippen molar-refractivity contribution in [3.63, 3.8) is 0 Å². The number of fused-ring (bicyclic) bond motifs is 1. The first-order chi connectivity index (χ1) is 17.0. The lowest BCUT2D eigenvalue weighted by Crippen LogP contribution is -2.36. The molecule has 0 atom stereocenters. The Bertz CT molecular complexity index is 1460. The van der Waals surface area contributed by atoms with E-state index in [0.717, 1.165) is 66.2 Å². The summed E-state index contributed by atoms with van der Waals surface area (Å²) in [7, 11) is 0. The Morgan fingerprint density at radius 1 is 0.943 bits per heavy atom. The van der Waals surface area contributed by atoms with Crippen LogP contribution in [0.4, 0.5) is 10.2 Å². The minimum Gasteiger partial charge on any atom is -0.356 e. The van der Waals surface area contributed by atoms with Gasteiger partial charge in [0.1, 0.15) is 23.6 Å². The van der Waals surface area contributed by atoms with Crippen molar-refractivity contribution in [2.75, 3.05) is 18.0 Å². The predicted molar refractivity (Wildman–Crippen MR) is 140 cm³/mol. The van der Waals surface area contributed by atoms with Gasteiger partial charge in [-0.15, -0.1) is 0 Å². The molecule has 4 aromatic rings. The van der Waals surface area contributed by atoms with Crippen molar-refractivity contribution in [1.82, 2.24) is 15.0 Å². The fraction of sp³-hybridized carbons (Fsp3) is 0.276. The number of aliphatic imine (C=N–C) groups is 1. The first-order valence-electron chi connectivity index (χ1n) is 12.2. The van der Waals surface area contributed by atoms with Crippen LogP contribution in [0, 0.1) is 18.7 Å². The summed E-state index contributed by atoms with van der Waals surface area (Å²) < 4.78 is 13.4. The van der Waals surface area contributed by atoms with Gasteiger partial charge in [0.25, 0.3) is 0 Å². The van der Waals surface area contributed by atoms with Crippen LogP contribution in [0.2, 0.25) is 0 Å². The predicted octanol–water partition coefficient (Wildman–Crippen LogP) is 6.56. The molecule has 0 spiro atoms. The van der Waals surface area contributed by atoms with Crippen molar-refractivity contribution in [2.24, 2.45) is 10.9 Å². The summed E-state index contributed by atoms with van der Waals surface area (Å²) in [4.78, 5) is 19.8. The van der Waals surface area contributed by atoms with Gasteiger partial charge in [-0.25, -0.2) is 14.4 Å². The molecule has 0 radical (unpaired) electrons. The Kier molecular flexibility index (Phi) is 5.44. The Labute approximate surface area is 204 Å². The van der Waals surface area contributed by atoms with Gasteiger partial charge in [0.05, 0.1) is 5.39 Å². The summed E-state index contributed by atoms with van der Waals surface area (Å²) in [5, 5.41) is 1.00. The number of nitrogens with one attached hydrogen (secondary N) is 1. The van der Waals surface area contributed by atoms with Gasteiger partial charge in [-0.05, 0) is 73.7 Å². The quantitative estimate of drug-likeness (QED) is 0.371. The number of hydrogen-bond acceptors (Lipinski definition) is 4. The Morgan fingerprint density at radius 2 is 1.74 bits per heavy atom. The smallest absolute Gasteiger partial charge is 0.143 e. The Hall–Kier alpha value is -3.80. The van der Waals surface area contributed by atoms with E-state index in [1.54, 1.807) is 18.5 Å². The number of aromatic nitrogens is 3. The summed E-state index contributed by atoms with van der Waals surface area (Å²) in [6.45, 7) is 6.16. The topological polar surface area (TPSA) is 57.2 Å². The highest BCUT2D eigenvalue weighted by atomic mass is 19.1. The highest BCUT2D eigenvalue weighted by Gasteiger charge is 2.29. The number of benzene rings is 2. The molecule has 176 valence electrons. The maximum atomic E-state index is 13.4. The molecule has 2 aromatic carbocycles. The van der Waals surface area contributed by atoms with Crippen molar-refractivity contribution < 1.29 is 4.39 Å². The number of aryl methyl sites for hydroxylation is 1. The van der Waals surface area contributed by atoms with E-state index in [-0.39, 0.29) is 5.82 Å². The summed E-state index contributed by atoms with van der Waals surface area (Å²) >= 11 is 0. The first-order valence-corrected chi connectivity index (χ1v) is 12.2. The average molecular weight is 466 g/mol. The maximum absolute atomic E-state index is 13.4. The van der Waals surface area contributed by atoms with Crippen LogP contribution in [-0.2, 0) is 0 Å². The molecule has 6 heteroatoms. The van der Waals surface area contributed by atoms with Gasteiger partial charge >= 0.3 is 0 Å². The number of rotatable bonds is 4. The summed E-state index contributed by atoms with van der Waals surface area (Å²) in [5.41, 5.74) is 9.09. The van der Waals surface area contributed by atoms with E-state index in [1.807, 2.05) is 0 Å². The maximum Gasteiger partial charge on any atom is 0.143 e. The van der Waals surface area contributed by atoms with Gasteiger partial charge in [0.15, 0.2) is 0 Å². The fourth-order valence-electron chi connectivity index (χ4n) is 5.40. The molecular weight excluding hydrogens is 437 g/mol. The van der Waals surface area contributed by atoms with Crippen LogP contribution in [0.1, 0.15) is 37.3 Å². The molecule has 1 fully saturated rings. The second-order valence-electron chi connectivity index (χ2n) is 9.62. The monoisotopic (exact) mass is 465 g/mol. The molecule has 4 heterocycles. The van der Waals surface area contributed by atoms with Crippen LogP contribution in [0.3, 0.4) is 0 Å². The number of aromatic amines is 1. The van der Waals surface area contributed by atoms with Gasteiger partial charge in [-0.1, -0.05) is 29.8 Å². The molecule has 2 aliphatic rings. The van der Waals surface area contributed by atoms with Crippen LogP contribution >= 0.6 is 0 Å². The number of halogens is 1. The second-order valence-corrected chi connectivity index (χ2v) is 9.62. The van der Waals surface area contributed by atoms with E-state index in [0.29, 0.717) is 5.92 Å². The van der Waals surface area contributed by atoms with Crippen LogP contribution in [0.5, 0.6) is 0 Å². The largest absolute Gasteiger partial charge is 0.356 e. The third-order valence-electron chi connectivity index (χ3n) is 7.30. The SMILES string of the molecule is CC1=C(c2cccc(C)c2)CC(C2CCN(c3ncnc4[nH]c(-c5ccc(F)cc5)cc34)CC2)=N1.